The quantitative estimate of drug-likeness (QED) is 0.724. The molecule has 2 N–H and O–H groups in total. The van der Waals surface area contributed by atoms with Crippen LogP contribution >= 0.6 is 11.6 Å². The average Bonchev–Trinajstić information content (AvgIpc) is 3.05. The minimum atomic E-state index is -1.21. The first-order valence-corrected chi connectivity index (χ1v) is 10.2. The molecule has 0 bridgehead atoms. The molecule has 1 atom stereocenters. The zero-order valence-electron chi connectivity index (χ0n) is 16.3. The van der Waals surface area contributed by atoms with Gasteiger partial charge in [0.25, 0.3) is 0 Å². The number of piperidine rings is 1. The number of aliphatic hydroxyl groups excluding tert-OH is 1. The summed E-state index contributed by atoms with van der Waals surface area (Å²) >= 11 is 6.08. The molecule has 0 unspecified atom stereocenters. The summed E-state index contributed by atoms with van der Waals surface area (Å²) in [6.07, 6.45) is 1.67. The van der Waals surface area contributed by atoms with Crippen LogP contribution in [0.4, 0.5) is 4.39 Å². The number of carbonyl (C=O) groups is 1. The Labute approximate surface area is 178 Å². The second kappa shape index (κ2) is 8.41. The van der Waals surface area contributed by atoms with E-state index in [0.29, 0.717) is 11.6 Å². The zero-order chi connectivity index (χ0) is 21.3. The first kappa shape index (κ1) is 20.9. The Hall–Kier alpha value is -2.35. The van der Waals surface area contributed by atoms with E-state index < -0.39 is 17.9 Å². The van der Waals surface area contributed by atoms with Crippen molar-refractivity contribution in [3.63, 3.8) is 0 Å². The second-order valence-corrected chi connectivity index (χ2v) is 8.36. The molecule has 4 rings (SSSR count). The van der Waals surface area contributed by atoms with E-state index in [1.165, 1.54) is 0 Å². The fourth-order valence-electron chi connectivity index (χ4n) is 4.15. The number of carboxylic acids is 1. The summed E-state index contributed by atoms with van der Waals surface area (Å²) in [4.78, 5) is 13.4. The van der Waals surface area contributed by atoms with Crippen LogP contribution in [0.5, 0.6) is 11.5 Å². The lowest BCUT2D eigenvalue weighted by Gasteiger charge is -2.39. The maximum atomic E-state index is 13.4. The first-order chi connectivity index (χ1) is 14.3. The van der Waals surface area contributed by atoms with Crippen molar-refractivity contribution in [1.82, 2.24) is 4.90 Å². The van der Waals surface area contributed by atoms with E-state index in [4.69, 9.17) is 21.1 Å². The molecule has 0 amide bonds. The molecule has 1 fully saturated rings. The van der Waals surface area contributed by atoms with Gasteiger partial charge in [-0.25, -0.2) is 9.18 Å². The van der Waals surface area contributed by atoms with Crippen molar-refractivity contribution < 1.29 is 28.9 Å². The molecule has 160 valence electrons. The lowest BCUT2D eigenvalue weighted by Crippen LogP contribution is -2.49. The van der Waals surface area contributed by atoms with Gasteiger partial charge in [-0.05, 0) is 35.9 Å². The Morgan fingerprint density at radius 2 is 2.03 bits per heavy atom. The lowest BCUT2D eigenvalue weighted by atomic mass is 9.87. The number of aliphatic hydroxyl groups is 1. The second-order valence-electron chi connectivity index (χ2n) is 7.92. The van der Waals surface area contributed by atoms with E-state index in [0.717, 1.165) is 61.9 Å². The van der Waals surface area contributed by atoms with Gasteiger partial charge in [0, 0.05) is 50.0 Å². The van der Waals surface area contributed by atoms with Crippen LogP contribution in [-0.2, 0) is 6.42 Å². The Morgan fingerprint density at radius 1 is 1.27 bits per heavy atom. The molecular weight excluding hydrogens is 413 g/mol. The summed E-state index contributed by atoms with van der Waals surface area (Å²) < 4.78 is 25.0. The highest BCUT2D eigenvalue weighted by Crippen LogP contribution is 2.41. The molecule has 30 heavy (non-hydrogen) atoms. The number of nitrogens with zero attached hydrogens (tertiary/aromatic N) is 1. The van der Waals surface area contributed by atoms with Crippen molar-refractivity contribution in [3.8, 4) is 11.5 Å². The molecular formula is C22H23ClFNO5. The summed E-state index contributed by atoms with van der Waals surface area (Å²) in [6, 6.07) is 8.93. The van der Waals surface area contributed by atoms with Gasteiger partial charge in [0.1, 0.15) is 41.2 Å². The van der Waals surface area contributed by atoms with Crippen LogP contribution in [0, 0.1) is 5.82 Å². The normalized spacial score (nSPS) is 18.6. The molecule has 2 aromatic rings. The van der Waals surface area contributed by atoms with Gasteiger partial charge in [0.05, 0.1) is 0 Å². The van der Waals surface area contributed by atoms with Crippen LogP contribution in [0.25, 0.3) is 0 Å². The third-order valence-corrected chi connectivity index (χ3v) is 5.94. The van der Waals surface area contributed by atoms with E-state index in [2.05, 4.69) is 4.90 Å². The molecule has 2 aliphatic rings. The van der Waals surface area contributed by atoms with E-state index in [9.17, 15) is 19.4 Å². The highest BCUT2D eigenvalue weighted by Gasteiger charge is 2.42. The van der Waals surface area contributed by atoms with Gasteiger partial charge in [-0.2, -0.15) is 0 Å². The predicted molar refractivity (Wildman–Crippen MR) is 109 cm³/mol. The fraction of sp³-hybridized carbons (Fsp3) is 0.409. The topological polar surface area (TPSA) is 79.2 Å². The highest BCUT2D eigenvalue weighted by molar-refractivity contribution is 6.30. The summed E-state index contributed by atoms with van der Waals surface area (Å²) in [5.41, 5.74) is 0.776. The smallest absolute Gasteiger partial charge is 0.339 e. The number of hydrogen-bond donors (Lipinski definition) is 2. The standard InChI is InChI=1S/C22H23ClFNO5/c23-15-1-4-19-14(9-15)11-22(30-19)5-7-25(8-6-22)12-17(26)13-29-20-10-16(24)2-3-18(20)21(27)28/h1-4,9-10,17,26H,5-8,11-13H2,(H,27,28)/t17-/m0/s1. The van der Waals surface area contributed by atoms with Crippen LogP contribution < -0.4 is 9.47 Å². The summed E-state index contributed by atoms with van der Waals surface area (Å²) in [7, 11) is 0. The van der Waals surface area contributed by atoms with Crippen molar-refractivity contribution in [2.75, 3.05) is 26.2 Å². The van der Waals surface area contributed by atoms with Crippen molar-refractivity contribution in [2.45, 2.75) is 31.0 Å². The van der Waals surface area contributed by atoms with Gasteiger partial charge in [0.15, 0.2) is 0 Å². The molecule has 6 nitrogen and oxygen atoms in total. The van der Waals surface area contributed by atoms with E-state index >= 15 is 0 Å². The van der Waals surface area contributed by atoms with Crippen molar-refractivity contribution in [2.24, 2.45) is 0 Å². The van der Waals surface area contributed by atoms with Gasteiger partial charge in [-0.3, -0.25) is 0 Å². The van der Waals surface area contributed by atoms with Crippen LogP contribution in [0.15, 0.2) is 36.4 Å². The number of aromatic carboxylic acids is 1. The van der Waals surface area contributed by atoms with Crippen molar-refractivity contribution in [1.29, 1.82) is 0 Å². The number of rotatable bonds is 6. The third kappa shape index (κ3) is 4.53. The Balaban J connectivity index is 1.28. The number of halogens is 2. The van der Waals surface area contributed by atoms with Crippen molar-refractivity contribution >= 4 is 17.6 Å². The number of ether oxygens (including phenoxy) is 2. The fourth-order valence-corrected chi connectivity index (χ4v) is 4.35. The van der Waals surface area contributed by atoms with Crippen LogP contribution in [0.1, 0.15) is 28.8 Å². The summed E-state index contributed by atoms with van der Waals surface area (Å²) in [6.45, 7) is 1.79. The number of β-amino-alcohol motifs (C(OH)–C–C–N with tert-alkyl or cyclic N) is 1. The highest BCUT2D eigenvalue weighted by atomic mass is 35.5. The maximum Gasteiger partial charge on any atom is 0.339 e. The molecule has 2 aromatic carbocycles. The van der Waals surface area contributed by atoms with Crippen molar-refractivity contribution in [3.05, 3.63) is 58.4 Å². The van der Waals surface area contributed by atoms with E-state index in [-0.39, 0.29) is 23.5 Å². The molecule has 2 heterocycles. The Bertz CT molecular complexity index is 945. The minimum Gasteiger partial charge on any atom is -0.490 e. The number of carboxylic acid groups (broad SMARTS) is 1. The summed E-state index contributed by atoms with van der Waals surface area (Å²) in [5, 5.41) is 20.2. The molecule has 1 saturated heterocycles. The number of hydrogen-bond acceptors (Lipinski definition) is 5. The van der Waals surface area contributed by atoms with Gasteiger partial charge in [0.2, 0.25) is 0 Å². The maximum absolute atomic E-state index is 13.4. The van der Waals surface area contributed by atoms with E-state index in [1.54, 1.807) is 0 Å². The van der Waals surface area contributed by atoms with Crippen LogP contribution in [0.2, 0.25) is 5.02 Å². The van der Waals surface area contributed by atoms with E-state index in [1.807, 2.05) is 18.2 Å². The van der Waals surface area contributed by atoms with Gasteiger partial charge in [-0.15, -0.1) is 0 Å². The predicted octanol–water partition coefficient (Wildman–Crippen LogP) is 3.39. The Kier molecular flexibility index (Phi) is 5.86. The van der Waals surface area contributed by atoms with Crippen LogP contribution in [-0.4, -0.2) is 59.0 Å². The average molecular weight is 436 g/mol. The number of benzene rings is 2. The molecule has 0 radical (unpaired) electrons. The number of fused-ring (bicyclic) bond motifs is 1. The van der Waals surface area contributed by atoms with Gasteiger partial charge >= 0.3 is 5.97 Å². The minimum absolute atomic E-state index is 0.0880. The van der Waals surface area contributed by atoms with Gasteiger partial charge < -0.3 is 24.6 Å². The SMILES string of the molecule is O=C(O)c1ccc(F)cc1OC[C@@H](O)CN1CCC2(CC1)Cc1cc(Cl)ccc1O2. The molecule has 8 heteroatoms. The molecule has 0 aromatic heterocycles. The van der Waals surface area contributed by atoms with Crippen LogP contribution in [0.3, 0.4) is 0 Å². The first-order valence-electron chi connectivity index (χ1n) is 9.87. The Morgan fingerprint density at radius 3 is 2.77 bits per heavy atom. The largest absolute Gasteiger partial charge is 0.490 e. The monoisotopic (exact) mass is 435 g/mol. The molecule has 2 aliphatic heterocycles. The zero-order valence-corrected chi connectivity index (χ0v) is 17.1. The third-order valence-electron chi connectivity index (χ3n) is 5.70. The summed E-state index contributed by atoms with van der Waals surface area (Å²) in [5.74, 6) is -0.995. The lowest BCUT2D eigenvalue weighted by molar-refractivity contribution is -0.00204. The molecule has 1 spiro atoms. The molecule has 0 aliphatic carbocycles. The van der Waals surface area contributed by atoms with Gasteiger partial charge in [-0.1, -0.05) is 11.6 Å². The number of likely N-dealkylation sites (tertiary alicyclic amines) is 1. The molecule has 0 saturated carbocycles.